The van der Waals surface area contributed by atoms with Crippen molar-refractivity contribution in [3.63, 3.8) is 0 Å². The van der Waals surface area contributed by atoms with Crippen LogP contribution in [0.2, 0.25) is 0 Å². The van der Waals surface area contributed by atoms with Gasteiger partial charge in [-0.15, -0.1) is 11.3 Å². The highest BCUT2D eigenvalue weighted by molar-refractivity contribution is 7.09. The van der Waals surface area contributed by atoms with Crippen LogP contribution in [0.5, 0.6) is 0 Å². The predicted molar refractivity (Wildman–Crippen MR) is 66.3 cm³/mol. The average Bonchev–Trinajstić information content (AvgIpc) is 3.00. The van der Waals surface area contributed by atoms with Crippen molar-refractivity contribution in [3.8, 4) is 0 Å². The molecule has 1 fully saturated rings. The zero-order valence-electron chi connectivity index (χ0n) is 9.36. The first kappa shape index (κ1) is 11.3. The lowest BCUT2D eigenvalue weighted by atomic mass is 10.3. The number of thiazole rings is 1. The zero-order valence-corrected chi connectivity index (χ0v) is 10.2. The van der Waals surface area contributed by atoms with Crippen molar-refractivity contribution >= 4 is 17.3 Å². The molecule has 0 saturated heterocycles. The summed E-state index contributed by atoms with van der Waals surface area (Å²) in [6, 6.07) is 0.566. The Balaban J connectivity index is 1.77. The first-order valence-electron chi connectivity index (χ1n) is 5.46. The Bertz CT molecular complexity index is 369. The number of aliphatic imine (C=N–C) groups is 1. The molecule has 16 heavy (non-hydrogen) atoms. The van der Waals surface area contributed by atoms with E-state index >= 15 is 0 Å². The Morgan fingerprint density at radius 2 is 2.50 bits per heavy atom. The molecule has 0 amide bonds. The van der Waals surface area contributed by atoms with Gasteiger partial charge in [-0.05, 0) is 19.8 Å². The van der Waals surface area contributed by atoms with Gasteiger partial charge in [0.1, 0.15) is 0 Å². The van der Waals surface area contributed by atoms with Crippen LogP contribution < -0.4 is 16.6 Å². The third-order valence-corrected chi connectivity index (χ3v) is 3.18. The van der Waals surface area contributed by atoms with Crippen molar-refractivity contribution in [1.82, 2.24) is 15.7 Å². The lowest BCUT2D eigenvalue weighted by Gasteiger charge is -2.06. The zero-order chi connectivity index (χ0) is 11.4. The molecule has 1 aliphatic carbocycles. The molecule has 0 unspecified atom stereocenters. The fourth-order valence-corrected chi connectivity index (χ4v) is 2.01. The van der Waals surface area contributed by atoms with Crippen molar-refractivity contribution in [3.05, 3.63) is 16.1 Å². The van der Waals surface area contributed by atoms with Crippen molar-refractivity contribution in [1.29, 1.82) is 0 Å². The standard InChI is InChI=1S/C10H17N5S/c1-7-13-9(6-16-7)4-5-12-10(15-11)14-8-2-3-8/h6,8H,2-5,11H2,1H3,(H2,12,14,15). The summed E-state index contributed by atoms with van der Waals surface area (Å²) < 4.78 is 0. The molecule has 0 spiro atoms. The Hall–Kier alpha value is -1.14. The highest BCUT2D eigenvalue weighted by Gasteiger charge is 2.21. The van der Waals surface area contributed by atoms with E-state index in [1.807, 2.05) is 6.92 Å². The fraction of sp³-hybridized carbons (Fsp3) is 0.600. The van der Waals surface area contributed by atoms with Crippen molar-refractivity contribution in [2.75, 3.05) is 6.54 Å². The minimum Gasteiger partial charge on any atom is -0.353 e. The second-order valence-electron chi connectivity index (χ2n) is 3.90. The highest BCUT2D eigenvalue weighted by Crippen LogP contribution is 2.18. The van der Waals surface area contributed by atoms with Crippen molar-refractivity contribution < 1.29 is 0 Å². The number of hydrogen-bond donors (Lipinski definition) is 3. The fourth-order valence-electron chi connectivity index (χ4n) is 1.36. The van der Waals surface area contributed by atoms with Crippen LogP contribution >= 0.6 is 11.3 Å². The summed E-state index contributed by atoms with van der Waals surface area (Å²) in [5, 5.41) is 6.41. The molecular weight excluding hydrogens is 222 g/mol. The molecule has 2 rings (SSSR count). The van der Waals surface area contributed by atoms with E-state index in [2.05, 4.69) is 26.1 Å². The topological polar surface area (TPSA) is 75.3 Å². The maximum Gasteiger partial charge on any atom is 0.205 e. The lowest BCUT2D eigenvalue weighted by molar-refractivity contribution is 0.813. The summed E-state index contributed by atoms with van der Waals surface area (Å²) in [5.41, 5.74) is 3.69. The van der Waals surface area contributed by atoms with E-state index in [1.165, 1.54) is 12.8 Å². The van der Waals surface area contributed by atoms with Gasteiger partial charge in [-0.3, -0.25) is 10.4 Å². The van der Waals surface area contributed by atoms with Gasteiger partial charge < -0.3 is 5.32 Å². The van der Waals surface area contributed by atoms with Crippen LogP contribution in [0.3, 0.4) is 0 Å². The van der Waals surface area contributed by atoms with Gasteiger partial charge in [0.25, 0.3) is 0 Å². The van der Waals surface area contributed by atoms with Gasteiger partial charge in [0.15, 0.2) is 0 Å². The van der Waals surface area contributed by atoms with Gasteiger partial charge in [0, 0.05) is 24.4 Å². The Morgan fingerprint density at radius 1 is 1.69 bits per heavy atom. The molecule has 6 heteroatoms. The number of nitrogens with one attached hydrogen (secondary N) is 2. The van der Waals surface area contributed by atoms with E-state index in [9.17, 15) is 0 Å². The van der Waals surface area contributed by atoms with Crippen LogP contribution in [0, 0.1) is 6.92 Å². The van der Waals surface area contributed by atoms with Crippen LogP contribution in [-0.4, -0.2) is 23.5 Å². The van der Waals surface area contributed by atoms with Gasteiger partial charge >= 0.3 is 0 Å². The largest absolute Gasteiger partial charge is 0.353 e. The van der Waals surface area contributed by atoms with E-state index in [-0.39, 0.29) is 0 Å². The molecule has 5 nitrogen and oxygen atoms in total. The summed E-state index contributed by atoms with van der Waals surface area (Å²) >= 11 is 1.67. The molecule has 88 valence electrons. The summed E-state index contributed by atoms with van der Waals surface area (Å²) in [6.45, 7) is 2.72. The average molecular weight is 239 g/mol. The molecule has 0 aliphatic heterocycles. The smallest absolute Gasteiger partial charge is 0.205 e. The van der Waals surface area contributed by atoms with Crippen LogP contribution in [0.4, 0.5) is 0 Å². The third-order valence-electron chi connectivity index (χ3n) is 2.36. The van der Waals surface area contributed by atoms with Crippen molar-refractivity contribution in [2.24, 2.45) is 10.8 Å². The van der Waals surface area contributed by atoms with E-state index < -0.39 is 0 Å². The van der Waals surface area contributed by atoms with Gasteiger partial charge in [0.05, 0.1) is 10.7 Å². The monoisotopic (exact) mass is 239 g/mol. The normalized spacial score (nSPS) is 16.2. The number of hydrazine groups is 1. The second-order valence-corrected chi connectivity index (χ2v) is 4.96. The number of rotatable bonds is 4. The molecule has 0 bridgehead atoms. The van der Waals surface area contributed by atoms with Crippen LogP contribution in [-0.2, 0) is 6.42 Å². The molecule has 1 aliphatic rings. The summed E-state index contributed by atoms with van der Waals surface area (Å²) in [7, 11) is 0. The van der Waals surface area contributed by atoms with Gasteiger partial charge in [-0.1, -0.05) is 0 Å². The third kappa shape index (κ3) is 3.46. The van der Waals surface area contributed by atoms with Crippen LogP contribution in [0.25, 0.3) is 0 Å². The first-order valence-corrected chi connectivity index (χ1v) is 6.34. The maximum atomic E-state index is 5.38. The Morgan fingerprint density at radius 3 is 3.06 bits per heavy atom. The highest BCUT2D eigenvalue weighted by atomic mass is 32.1. The van der Waals surface area contributed by atoms with E-state index in [4.69, 9.17) is 5.84 Å². The minimum atomic E-state index is 0.566. The lowest BCUT2D eigenvalue weighted by Crippen LogP contribution is -2.42. The number of nitrogens with zero attached hydrogens (tertiary/aromatic N) is 2. The molecule has 1 saturated carbocycles. The van der Waals surface area contributed by atoms with Crippen LogP contribution in [0.1, 0.15) is 23.5 Å². The molecule has 1 aromatic heterocycles. The molecule has 0 aromatic carbocycles. The number of nitrogens with two attached hydrogens (primary N) is 1. The van der Waals surface area contributed by atoms with E-state index in [1.54, 1.807) is 11.3 Å². The molecule has 4 N–H and O–H groups in total. The summed E-state index contributed by atoms with van der Waals surface area (Å²) in [5.74, 6) is 6.06. The number of guanidine groups is 1. The molecule has 1 aromatic rings. The van der Waals surface area contributed by atoms with E-state index in [0.717, 1.165) is 17.1 Å². The SMILES string of the molecule is Cc1nc(CCN=C(NN)NC2CC2)cs1. The summed E-state index contributed by atoms with van der Waals surface area (Å²) in [6.07, 6.45) is 3.29. The van der Waals surface area contributed by atoms with Gasteiger partial charge in [0.2, 0.25) is 5.96 Å². The molecule has 0 atom stereocenters. The van der Waals surface area contributed by atoms with Gasteiger partial charge in [-0.2, -0.15) is 0 Å². The van der Waals surface area contributed by atoms with E-state index in [0.29, 0.717) is 18.5 Å². The number of aryl methyl sites for hydroxylation is 1. The van der Waals surface area contributed by atoms with Gasteiger partial charge in [-0.25, -0.2) is 10.8 Å². The van der Waals surface area contributed by atoms with Crippen molar-refractivity contribution in [2.45, 2.75) is 32.2 Å². The second kappa shape index (κ2) is 5.27. The molecule has 1 heterocycles. The molecular formula is C10H17N5S. The predicted octanol–water partition coefficient (Wildman–Crippen LogP) is 0.565. The van der Waals surface area contributed by atoms with Crippen LogP contribution in [0.15, 0.2) is 10.4 Å². The number of aromatic nitrogens is 1. The maximum absolute atomic E-state index is 5.38. The molecule has 0 radical (unpaired) electrons. The summed E-state index contributed by atoms with van der Waals surface area (Å²) in [4.78, 5) is 8.74. The Kier molecular flexibility index (Phi) is 3.74. The Labute approximate surface area is 99.1 Å². The minimum absolute atomic E-state index is 0.566. The number of hydrogen-bond acceptors (Lipinski definition) is 4. The quantitative estimate of drug-likeness (QED) is 0.311. The first-order chi connectivity index (χ1) is 7.78.